The lowest BCUT2D eigenvalue weighted by Crippen LogP contribution is -2.60. The molecular formula is C31H46F2N4O6. The van der Waals surface area contributed by atoms with E-state index in [4.69, 9.17) is 4.74 Å². The number of Topliss-reactive ketones (excluding diaryl/α,β-unsaturated/α-hetero) is 1. The van der Waals surface area contributed by atoms with E-state index in [0.717, 1.165) is 0 Å². The van der Waals surface area contributed by atoms with Crippen LogP contribution in [-0.2, 0) is 23.9 Å². The van der Waals surface area contributed by atoms with Gasteiger partial charge in [0.1, 0.15) is 17.7 Å². The highest BCUT2D eigenvalue weighted by Crippen LogP contribution is 2.65. The van der Waals surface area contributed by atoms with Crippen molar-refractivity contribution in [3.63, 3.8) is 0 Å². The molecule has 10 nitrogen and oxygen atoms in total. The zero-order chi connectivity index (χ0) is 32.3. The molecule has 1 heterocycles. The maximum atomic E-state index is 14.2. The lowest BCUT2D eigenvalue weighted by atomic mass is 9.81. The Morgan fingerprint density at radius 1 is 1.05 bits per heavy atom. The van der Waals surface area contributed by atoms with Gasteiger partial charge < -0.3 is 25.6 Å². The minimum atomic E-state index is -2.84. The summed E-state index contributed by atoms with van der Waals surface area (Å²) in [4.78, 5) is 67.6. The third-order valence-electron chi connectivity index (χ3n) is 8.85. The number of halogens is 2. The van der Waals surface area contributed by atoms with Crippen LogP contribution < -0.4 is 16.0 Å². The van der Waals surface area contributed by atoms with Gasteiger partial charge in [-0.15, -0.1) is 13.2 Å². The molecule has 2 unspecified atom stereocenters. The SMILES string of the molecule is C=CCCC(NC(=O)[C@@H]1[C@@H]2[C@H](CN1C(=O)C(NC(=O)OC(C)(C)C)C1CCC(F)(F)CC1)C2(C)C)C(=O)C(=O)NCC=C. The molecule has 3 fully saturated rings. The lowest BCUT2D eigenvalue weighted by Gasteiger charge is -2.38. The fourth-order valence-corrected chi connectivity index (χ4v) is 6.42. The molecule has 3 N–H and O–H groups in total. The van der Waals surface area contributed by atoms with E-state index in [1.807, 2.05) is 13.8 Å². The van der Waals surface area contributed by atoms with E-state index < -0.39 is 78.0 Å². The quantitative estimate of drug-likeness (QED) is 0.229. The molecule has 1 saturated heterocycles. The zero-order valence-electron chi connectivity index (χ0n) is 25.8. The largest absolute Gasteiger partial charge is 0.444 e. The second kappa shape index (κ2) is 13.1. The molecule has 0 aromatic carbocycles. The van der Waals surface area contributed by atoms with Crippen molar-refractivity contribution in [3.05, 3.63) is 25.3 Å². The number of hydrogen-bond donors (Lipinski definition) is 3. The van der Waals surface area contributed by atoms with Gasteiger partial charge in [-0.2, -0.15) is 0 Å². The number of ketones is 1. The molecule has 5 atom stereocenters. The summed E-state index contributed by atoms with van der Waals surface area (Å²) in [5.41, 5.74) is -1.12. The van der Waals surface area contributed by atoms with E-state index >= 15 is 0 Å². The summed E-state index contributed by atoms with van der Waals surface area (Å²) in [5, 5.41) is 7.75. The molecule has 3 rings (SSSR count). The third-order valence-corrected chi connectivity index (χ3v) is 8.85. The number of alkyl halides is 2. The van der Waals surface area contributed by atoms with E-state index in [-0.39, 0.29) is 49.6 Å². The van der Waals surface area contributed by atoms with Crippen LogP contribution in [0.1, 0.15) is 73.1 Å². The van der Waals surface area contributed by atoms with Crippen LogP contribution >= 0.6 is 0 Å². The first-order valence-corrected chi connectivity index (χ1v) is 15.0. The number of alkyl carbamates (subject to hydrolysis) is 1. The number of nitrogens with zero attached hydrogens (tertiary/aromatic N) is 1. The summed E-state index contributed by atoms with van der Waals surface area (Å²) >= 11 is 0. The van der Waals surface area contributed by atoms with Crippen LogP contribution in [0.4, 0.5) is 13.6 Å². The van der Waals surface area contributed by atoms with Crippen molar-refractivity contribution in [1.29, 1.82) is 0 Å². The van der Waals surface area contributed by atoms with E-state index in [2.05, 4.69) is 29.1 Å². The Labute approximate surface area is 252 Å². The predicted molar refractivity (Wildman–Crippen MR) is 156 cm³/mol. The lowest BCUT2D eigenvalue weighted by molar-refractivity contribution is -0.145. The van der Waals surface area contributed by atoms with Crippen molar-refractivity contribution in [3.8, 4) is 0 Å². The van der Waals surface area contributed by atoms with Crippen LogP contribution in [-0.4, -0.2) is 77.2 Å². The Morgan fingerprint density at radius 2 is 1.67 bits per heavy atom. The molecule has 3 aliphatic rings. The van der Waals surface area contributed by atoms with Crippen LogP contribution in [0.3, 0.4) is 0 Å². The molecule has 0 spiro atoms. The molecule has 0 radical (unpaired) electrons. The van der Waals surface area contributed by atoms with Crippen LogP contribution in [0.5, 0.6) is 0 Å². The van der Waals surface area contributed by atoms with Crippen molar-refractivity contribution < 1.29 is 37.5 Å². The Balaban J connectivity index is 1.87. The molecule has 43 heavy (non-hydrogen) atoms. The van der Waals surface area contributed by atoms with Crippen molar-refractivity contribution >= 4 is 29.6 Å². The number of carbonyl (C=O) groups excluding carboxylic acids is 5. The molecule has 2 saturated carbocycles. The van der Waals surface area contributed by atoms with Crippen molar-refractivity contribution in [2.45, 2.75) is 103 Å². The standard InChI is InChI=1S/C31H46F2N4O6/c1-8-10-11-20(24(38)26(40)34-16-9-2)35-25(39)23-21-19(30(21,6)7)17-37(23)27(41)22(36-28(42)43-29(3,4)5)18-12-14-31(32,33)15-13-18/h8-9,18-23H,1-2,10-17H2,3-7H3,(H,34,40)(H,35,39)(H,36,42)/t19-,20?,21-,22?,23-/m0/s1. The number of ether oxygens (including phenoxy) is 1. The maximum absolute atomic E-state index is 14.2. The molecule has 0 aromatic heterocycles. The van der Waals surface area contributed by atoms with Crippen LogP contribution in [0.25, 0.3) is 0 Å². The fourth-order valence-electron chi connectivity index (χ4n) is 6.42. The molecule has 0 bridgehead atoms. The molecule has 240 valence electrons. The second-order valence-corrected chi connectivity index (χ2v) is 13.5. The van der Waals surface area contributed by atoms with Gasteiger partial charge in [-0.1, -0.05) is 26.0 Å². The van der Waals surface area contributed by atoms with Crippen molar-refractivity contribution in [2.75, 3.05) is 13.1 Å². The molecule has 4 amide bonds. The Kier molecular flexibility index (Phi) is 10.4. The topological polar surface area (TPSA) is 134 Å². The highest BCUT2D eigenvalue weighted by Gasteiger charge is 2.69. The monoisotopic (exact) mass is 608 g/mol. The number of allylic oxidation sites excluding steroid dienone is 1. The number of hydrogen-bond acceptors (Lipinski definition) is 6. The zero-order valence-corrected chi connectivity index (χ0v) is 25.8. The number of nitrogens with one attached hydrogen (secondary N) is 3. The Morgan fingerprint density at radius 3 is 2.23 bits per heavy atom. The van der Waals surface area contributed by atoms with E-state index in [1.54, 1.807) is 26.8 Å². The maximum Gasteiger partial charge on any atom is 0.408 e. The number of amides is 4. The predicted octanol–water partition coefficient (Wildman–Crippen LogP) is 3.51. The van der Waals surface area contributed by atoms with Gasteiger partial charge in [-0.25, -0.2) is 13.6 Å². The average Bonchev–Trinajstić information content (AvgIpc) is 3.22. The van der Waals surface area contributed by atoms with Gasteiger partial charge in [0.2, 0.25) is 23.5 Å². The third kappa shape index (κ3) is 8.20. The minimum Gasteiger partial charge on any atom is -0.444 e. The smallest absolute Gasteiger partial charge is 0.408 e. The van der Waals surface area contributed by atoms with E-state index in [0.29, 0.717) is 6.42 Å². The fraction of sp³-hybridized carbons (Fsp3) is 0.710. The van der Waals surface area contributed by atoms with Crippen LogP contribution in [0.2, 0.25) is 0 Å². The van der Waals surface area contributed by atoms with Crippen LogP contribution in [0, 0.1) is 23.2 Å². The first-order valence-electron chi connectivity index (χ1n) is 15.0. The summed E-state index contributed by atoms with van der Waals surface area (Å²) < 4.78 is 33.4. The summed E-state index contributed by atoms with van der Waals surface area (Å²) in [6, 6.07) is -3.30. The number of likely N-dealkylation sites (tertiary alicyclic amines) is 1. The minimum absolute atomic E-state index is 0.0108. The van der Waals surface area contributed by atoms with Gasteiger partial charge in [0, 0.05) is 25.9 Å². The Hall–Kier alpha value is -3.31. The van der Waals surface area contributed by atoms with Gasteiger partial charge in [-0.05, 0) is 69.6 Å². The second-order valence-electron chi connectivity index (χ2n) is 13.5. The highest BCUT2D eigenvalue weighted by molar-refractivity contribution is 6.38. The number of fused-ring (bicyclic) bond motifs is 1. The van der Waals surface area contributed by atoms with Gasteiger partial charge >= 0.3 is 6.09 Å². The van der Waals surface area contributed by atoms with Gasteiger partial charge in [0.05, 0.1) is 6.04 Å². The van der Waals surface area contributed by atoms with Crippen molar-refractivity contribution in [1.82, 2.24) is 20.9 Å². The van der Waals surface area contributed by atoms with E-state index in [9.17, 15) is 32.8 Å². The van der Waals surface area contributed by atoms with Gasteiger partial charge in [-0.3, -0.25) is 19.2 Å². The average molecular weight is 609 g/mol. The molecule has 12 heteroatoms. The summed E-state index contributed by atoms with van der Waals surface area (Å²) in [7, 11) is 0. The number of piperidine rings is 1. The van der Waals surface area contributed by atoms with Gasteiger partial charge in [0.15, 0.2) is 0 Å². The van der Waals surface area contributed by atoms with Crippen molar-refractivity contribution in [2.24, 2.45) is 23.2 Å². The van der Waals surface area contributed by atoms with Gasteiger partial charge in [0.25, 0.3) is 5.91 Å². The van der Waals surface area contributed by atoms with E-state index in [1.165, 1.54) is 11.0 Å². The molecule has 0 aromatic rings. The number of carbonyl (C=O) groups is 5. The Bertz CT molecular complexity index is 1120. The summed E-state index contributed by atoms with van der Waals surface area (Å²) in [6.45, 7) is 16.5. The normalized spacial score (nSPS) is 25.4. The van der Waals surface area contributed by atoms with Crippen LogP contribution in [0.15, 0.2) is 25.3 Å². The first-order chi connectivity index (χ1) is 19.9. The molecule has 1 aliphatic heterocycles. The first kappa shape index (κ1) is 34.2. The number of rotatable bonds is 12. The molecular weight excluding hydrogens is 562 g/mol. The summed E-state index contributed by atoms with van der Waals surface area (Å²) in [6.07, 6.45) is 1.82. The highest BCUT2D eigenvalue weighted by atomic mass is 19.3. The summed E-state index contributed by atoms with van der Waals surface area (Å²) in [5.74, 6) is -6.49. The molecule has 2 aliphatic carbocycles.